The number of ether oxygens (including phenoxy) is 2. The van der Waals surface area contributed by atoms with Gasteiger partial charge in [-0.15, -0.1) is 24.0 Å². The molecule has 1 aromatic carbocycles. The summed E-state index contributed by atoms with van der Waals surface area (Å²) < 4.78 is 11.7. The summed E-state index contributed by atoms with van der Waals surface area (Å²) in [6, 6.07) is 8.65. The molecule has 2 saturated heterocycles. The third-order valence-electron chi connectivity index (χ3n) is 5.03. The van der Waals surface area contributed by atoms with Crippen molar-refractivity contribution in [3.8, 4) is 0 Å². The molecule has 7 heteroatoms. The highest BCUT2D eigenvalue weighted by atomic mass is 127. The Bertz CT molecular complexity index is 636. The van der Waals surface area contributed by atoms with E-state index in [0.717, 1.165) is 57.4 Å². The van der Waals surface area contributed by atoms with Gasteiger partial charge in [0.15, 0.2) is 5.96 Å². The number of guanidine groups is 1. The first-order valence-electron chi connectivity index (χ1n) is 9.92. The molecule has 0 unspecified atom stereocenters. The SMILES string of the molecule is CN=C(NCc1cccc(COC2CCOCC2)c1)N1CCSC(C)(C)C1.I. The molecule has 5 nitrogen and oxygen atoms in total. The predicted octanol–water partition coefficient (Wildman–Crippen LogP) is 3.90. The Morgan fingerprint density at radius 1 is 1.32 bits per heavy atom. The van der Waals surface area contributed by atoms with E-state index in [4.69, 9.17) is 9.47 Å². The summed E-state index contributed by atoms with van der Waals surface area (Å²) in [4.78, 5) is 6.87. The first-order chi connectivity index (χ1) is 13.1. The maximum Gasteiger partial charge on any atom is 0.193 e. The van der Waals surface area contributed by atoms with Crippen molar-refractivity contribution in [2.45, 2.75) is 50.7 Å². The van der Waals surface area contributed by atoms with E-state index in [1.807, 2.05) is 18.8 Å². The summed E-state index contributed by atoms with van der Waals surface area (Å²) in [6.45, 7) is 9.77. The van der Waals surface area contributed by atoms with Crippen LogP contribution in [0.4, 0.5) is 0 Å². The van der Waals surface area contributed by atoms with Gasteiger partial charge in [-0.25, -0.2) is 0 Å². The molecule has 0 aromatic heterocycles. The summed E-state index contributed by atoms with van der Waals surface area (Å²) >= 11 is 2.04. The van der Waals surface area contributed by atoms with Gasteiger partial charge in [-0.1, -0.05) is 24.3 Å². The van der Waals surface area contributed by atoms with Crippen LogP contribution in [0.3, 0.4) is 0 Å². The van der Waals surface area contributed by atoms with Crippen molar-refractivity contribution in [3.05, 3.63) is 35.4 Å². The maximum absolute atomic E-state index is 6.05. The molecule has 0 amide bonds. The van der Waals surface area contributed by atoms with Crippen molar-refractivity contribution in [2.75, 3.05) is 39.1 Å². The Balaban J connectivity index is 0.00000280. The molecule has 28 heavy (non-hydrogen) atoms. The van der Waals surface area contributed by atoms with Gasteiger partial charge in [-0.2, -0.15) is 11.8 Å². The van der Waals surface area contributed by atoms with Crippen LogP contribution in [-0.4, -0.2) is 60.8 Å². The Kier molecular flexibility index (Phi) is 9.86. The summed E-state index contributed by atoms with van der Waals surface area (Å²) in [5.41, 5.74) is 2.49. The van der Waals surface area contributed by atoms with E-state index < -0.39 is 0 Å². The molecule has 2 heterocycles. The fourth-order valence-electron chi connectivity index (χ4n) is 3.60. The highest BCUT2D eigenvalue weighted by molar-refractivity contribution is 14.0. The third kappa shape index (κ3) is 7.39. The molecule has 158 valence electrons. The number of rotatable bonds is 5. The third-order valence-corrected chi connectivity index (χ3v) is 6.33. The van der Waals surface area contributed by atoms with Gasteiger partial charge in [0.25, 0.3) is 0 Å². The molecule has 0 aliphatic carbocycles. The number of hydrogen-bond donors (Lipinski definition) is 1. The Morgan fingerprint density at radius 2 is 2.07 bits per heavy atom. The molecule has 1 aromatic rings. The molecule has 0 radical (unpaired) electrons. The van der Waals surface area contributed by atoms with Crippen LogP contribution in [0, 0.1) is 0 Å². The summed E-state index contributed by atoms with van der Waals surface area (Å²) in [6.07, 6.45) is 2.34. The van der Waals surface area contributed by atoms with Crippen LogP contribution in [0.15, 0.2) is 29.3 Å². The van der Waals surface area contributed by atoms with Crippen molar-refractivity contribution >= 4 is 41.7 Å². The molecule has 2 aliphatic rings. The number of hydrogen-bond acceptors (Lipinski definition) is 4. The van der Waals surface area contributed by atoms with Gasteiger partial charge in [0, 0.05) is 50.4 Å². The van der Waals surface area contributed by atoms with Gasteiger partial charge >= 0.3 is 0 Å². The molecule has 0 saturated carbocycles. The topological polar surface area (TPSA) is 46.1 Å². The van der Waals surface area contributed by atoms with Crippen molar-refractivity contribution in [1.82, 2.24) is 10.2 Å². The largest absolute Gasteiger partial charge is 0.381 e. The monoisotopic (exact) mass is 519 g/mol. The number of nitrogens with one attached hydrogen (secondary N) is 1. The number of benzene rings is 1. The normalized spacial score (nSPS) is 20.5. The van der Waals surface area contributed by atoms with Crippen LogP contribution >= 0.6 is 35.7 Å². The molecule has 1 N–H and O–H groups in total. The number of aliphatic imine (C=N–C) groups is 1. The second-order valence-electron chi connectivity index (χ2n) is 7.87. The van der Waals surface area contributed by atoms with E-state index in [-0.39, 0.29) is 28.7 Å². The van der Waals surface area contributed by atoms with E-state index in [2.05, 4.69) is 53.3 Å². The van der Waals surface area contributed by atoms with Crippen LogP contribution in [0.2, 0.25) is 0 Å². The van der Waals surface area contributed by atoms with E-state index in [0.29, 0.717) is 12.7 Å². The van der Waals surface area contributed by atoms with Gasteiger partial charge in [0.05, 0.1) is 12.7 Å². The van der Waals surface area contributed by atoms with Crippen LogP contribution in [0.5, 0.6) is 0 Å². The van der Waals surface area contributed by atoms with E-state index >= 15 is 0 Å². The molecule has 2 fully saturated rings. The zero-order chi connectivity index (χ0) is 19.1. The quantitative estimate of drug-likeness (QED) is 0.363. The van der Waals surface area contributed by atoms with E-state index in [1.54, 1.807) is 0 Å². The summed E-state index contributed by atoms with van der Waals surface area (Å²) in [7, 11) is 1.87. The molecular weight excluding hydrogens is 485 g/mol. The lowest BCUT2D eigenvalue weighted by atomic mass is 10.1. The van der Waals surface area contributed by atoms with Crippen LogP contribution in [0.25, 0.3) is 0 Å². The van der Waals surface area contributed by atoms with Crippen molar-refractivity contribution in [1.29, 1.82) is 0 Å². The minimum Gasteiger partial charge on any atom is -0.381 e. The van der Waals surface area contributed by atoms with Crippen molar-refractivity contribution < 1.29 is 9.47 Å². The van der Waals surface area contributed by atoms with Gasteiger partial charge in [-0.05, 0) is 37.8 Å². The predicted molar refractivity (Wildman–Crippen MR) is 129 cm³/mol. The Labute approximate surface area is 191 Å². The first kappa shape index (κ1) is 23.8. The Hall–Kier alpha value is -0.510. The standard InChI is InChI=1S/C21H33N3O2S.HI/c1-21(2)16-24(9-12-27-21)20(22-3)23-14-17-5-4-6-18(13-17)15-26-19-7-10-25-11-8-19;/h4-6,13,19H,7-12,14-16H2,1-3H3,(H,22,23);1H. The number of halogens is 1. The highest BCUT2D eigenvalue weighted by Gasteiger charge is 2.28. The number of nitrogens with zero attached hydrogens (tertiary/aromatic N) is 2. The van der Waals surface area contributed by atoms with Crippen molar-refractivity contribution in [3.63, 3.8) is 0 Å². The van der Waals surface area contributed by atoms with E-state index in [9.17, 15) is 0 Å². The highest BCUT2D eigenvalue weighted by Crippen LogP contribution is 2.29. The van der Waals surface area contributed by atoms with Gasteiger partial charge in [-0.3, -0.25) is 4.99 Å². The maximum atomic E-state index is 6.05. The van der Waals surface area contributed by atoms with Gasteiger partial charge < -0.3 is 19.7 Å². The fraction of sp³-hybridized carbons (Fsp3) is 0.667. The minimum atomic E-state index is 0. The lowest BCUT2D eigenvalue weighted by Gasteiger charge is -2.39. The zero-order valence-corrected chi connectivity index (χ0v) is 20.4. The van der Waals surface area contributed by atoms with Gasteiger partial charge in [0.2, 0.25) is 0 Å². The van der Waals surface area contributed by atoms with Crippen LogP contribution in [0.1, 0.15) is 37.8 Å². The summed E-state index contributed by atoms with van der Waals surface area (Å²) in [5, 5.41) is 3.54. The first-order valence-corrected chi connectivity index (χ1v) is 10.9. The van der Waals surface area contributed by atoms with E-state index in [1.165, 1.54) is 11.1 Å². The fourth-order valence-corrected chi connectivity index (χ4v) is 4.71. The smallest absolute Gasteiger partial charge is 0.193 e. The summed E-state index contributed by atoms with van der Waals surface area (Å²) in [5.74, 6) is 2.14. The molecule has 2 aliphatic heterocycles. The number of thioether (sulfide) groups is 1. The van der Waals surface area contributed by atoms with Crippen LogP contribution < -0.4 is 5.32 Å². The molecule has 0 spiro atoms. The van der Waals surface area contributed by atoms with Gasteiger partial charge in [0.1, 0.15) is 0 Å². The molecular formula is C21H34IN3O2S. The lowest BCUT2D eigenvalue weighted by Crippen LogP contribution is -2.50. The van der Waals surface area contributed by atoms with Crippen molar-refractivity contribution in [2.24, 2.45) is 4.99 Å². The van der Waals surface area contributed by atoms with Crippen LogP contribution in [-0.2, 0) is 22.6 Å². The molecule has 0 bridgehead atoms. The average molecular weight is 519 g/mol. The lowest BCUT2D eigenvalue weighted by molar-refractivity contribution is -0.0390. The average Bonchev–Trinajstić information content (AvgIpc) is 2.67. The molecule has 0 atom stereocenters. The molecule has 3 rings (SSSR count). The minimum absolute atomic E-state index is 0. The zero-order valence-electron chi connectivity index (χ0n) is 17.3. The second kappa shape index (κ2) is 11.6. The second-order valence-corrected chi connectivity index (χ2v) is 9.68. The Morgan fingerprint density at radius 3 is 2.79 bits per heavy atom.